The Kier molecular flexibility index (Phi) is 5.11. The number of hydrogen-bond acceptors (Lipinski definition) is 8. The lowest BCUT2D eigenvalue weighted by Gasteiger charge is -2.12. The summed E-state index contributed by atoms with van der Waals surface area (Å²) in [5.41, 5.74) is -3.06. The molecule has 0 saturated carbocycles. The molecule has 26 heavy (non-hydrogen) atoms. The molecule has 0 aromatic heterocycles. The molecule has 0 bridgehead atoms. The van der Waals surface area contributed by atoms with Crippen LogP contribution >= 0.6 is 0 Å². The minimum absolute atomic E-state index is 0.167. The van der Waals surface area contributed by atoms with Crippen molar-refractivity contribution in [2.75, 3.05) is 12.4 Å². The van der Waals surface area contributed by atoms with Crippen LogP contribution in [0.5, 0.6) is 5.75 Å². The highest BCUT2D eigenvalue weighted by Crippen LogP contribution is 2.30. The zero-order valence-corrected chi connectivity index (χ0v) is 13.1. The van der Waals surface area contributed by atoms with Gasteiger partial charge in [-0.25, -0.2) is 0 Å². The van der Waals surface area contributed by atoms with Crippen LogP contribution in [0.2, 0.25) is 0 Å². The lowest BCUT2D eigenvalue weighted by Crippen LogP contribution is -2.27. The molecule has 0 saturated heterocycles. The molecule has 2 aromatic rings. The van der Waals surface area contributed by atoms with Crippen LogP contribution < -0.4 is 15.2 Å². The first kappa shape index (κ1) is 18.3. The van der Waals surface area contributed by atoms with E-state index in [9.17, 15) is 34.9 Å². The number of benzene rings is 2. The standard InChI is InChI=1S/C15H11N3O8/c1-26-8-5-6-10(12(7-8)18(24)25)16-14(19)9-3-2-4-11(17(22)23)13(9)15(20)21/h2-7H,1H3,(H,16,19)(H,20,21)/p-1. The maximum atomic E-state index is 12.4. The number of nitrogens with zero attached hydrogens (tertiary/aromatic N) is 2. The van der Waals surface area contributed by atoms with Gasteiger partial charge in [0.15, 0.2) is 0 Å². The Hall–Kier alpha value is -4.02. The fourth-order valence-corrected chi connectivity index (χ4v) is 2.18. The van der Waals surface area contributed by atoms with Crippen molar-refractivity contribution in [2.24, 2.45) is 0 Å². The molecule has 1 N–H and O–H groups in total. The molecule has 2 rings (SSSR count). The lowest BCUT2D eigenvalue weighted by molar-refractivity contribution is -0.385. The fourth-order valence-electron chi connectivity index (χ4n) is 2.18. The third-order valence-electron chi connectivity index (χ3n) is 3.34. The van der Waals surface area contributed by atoms with Crippen molar-refractivity contribution >= 4 is 28.9 Å². The molecule has 0 aliphatic heterocycles. The van der Waals surface area contributed by atoms with Crippen molar-refractivity contribution < 1.29 is 29.3 Å². The summed E-state index contributed by atoms with van der Waals surface area (Å²) in [6, 6.07) is 6.63. The van der Waals surface area contributed by atoms with Crippen LogP contribution in [0, 0.1) is 20.2 Å². The van der Waals surface area contributed by atoms with Crippen LogP contribution in [0.3, 0.4) is 0 Å². The number of carboxylic acid groups (broad SMARTS) is 1. The summed E-state index contributed by atoms with van der Waals surface area (Å²) in [5, 5.41) is 35.5. The van der Waals surface area contributed by atoms with Gasteiger partial charge < -0.3 is 20.0 Å². The van der Waals surface area contributed by atoms with Gasteiger partial charge in [0.25, 0.3) is 17.3 Å². The summed E-state index contributed by atoms with van der Waals surface area (Å²) in [6.45, 7) is 0. The lowest BCUT2D eigenvalue weighted by atomic mass is 10.0. The fraction of sp³-hybridized carbons (Fsp3) is 0.0667. The van der Waals surface area contributed by atoms with Gasteiger partial charge in [-0.1, -0.05) is 6.07 Å². The number of rotatable bonds is 6. The molecule has 1 amide bonds. The van der Waals surface area contributed by atoms with Gasteiger partial charge in [0.05, 0.1) is 40.1 Å². The van der Waals surface area contributed by atoms with Gasteiger partial charge in [0, 0.05) is 6.07 Å². The molecular weight excluding hydrogens is 350 g/mol. The van der Waals surface area contributed by atoms with Gasteiger partial charge in [0.1, 0.15) is 11.4 Å². The van der Waals surface area contributed by atoms with Crippen LogP contribution in [-0.2, 0) is 0 Å². The van der Waals surface area contributed by atoms with Crippen LogP contribution in [-0.4, -0.2) is 28.8 Å². The molecule has 134 valence electrons. The summed E-state index contributed by atoms with van der Waals surface area (Å²) in [5.74, 6) is -2.84. The molecule has 0 heterocycles. The zero-order valence-electron chi connectivity index (χ0n) is 13.1. The van der Waals surface area contributed by atoms with Gasteiger partial charge in [0.2, 0.25) is 0 Å². The summed E-state index contributed by atoms with van der Waals surface area (Å²) >= 11 is 0. The van der Waals surface area contributed by atoms with Crippen molar-refractivity contribution in [3.8, 4) is 5.75 Å². The van der Waals surface area contributed by atoms with E-state index in [0.717, 1.165) is 24.3 Å². The quantitative estimate of drug-likeness (QED) is 0.591. The predicted molar refractivity (Wildman–Crippen MR) is 85.0 cm³/mol. The number of methoxy groups -OCH3 is 1. The van der Waals surface area contributed by atoms with E-state index in [0.29, 0.717) is 0 Å². The van der Waals surface area contributed by atoms with Gasteiger partial charge in [-0.15, -0.1) is 0 Å². The summed E-state index contributed by atoms with van der Waals surface area (Å²) in [4.78, 5) is 43.9. The third kappa shape index (κ3) is 3.56. The minimum atomic E-state index is -1.92. The Labute approximate surface area is 145 Å². The SMILES string of the molecule is COc1ccc(NC(=O)c2cccc([N+](=O)[O-])c2C(=O)[O-])c([N+](=O)[O-])c1. The maximum absolute atomic E-state index is 12.4. The molecule has 0 aliphatic rings. The Morgan fingerprint density at radius 2 is 1.69 bits per heavy atom. The van der Waals surface area contributed by atoms with Crippen molar-refractivity contribution in [1.82, 2.24) is 0 Å². The molecule has 11 heteroatoms. The Balaban J connectivity index is 2.49. The van der Waals surface area contributed by atoms with Crippen LogP contribution in [0.1, 0.15) is 20.7 Å². The monoisotopic (exact) mass is 360 g/mol. The number of nitro groups is 2. The first-order valence-electron chi connectivity index (χ1n) is 6.88. The average Bonchev–Trinajstić information content (AvgIpc) is 2.60. The Morgan fingerprint density at radius 1 is 1.04 bits per heavy atom. The number of ether oxygens (including phenoxy) is 1. The highest BCUT2D eigenvalue weighted by molar-refractivity contribution is 6.12. The van der Waals surface area contributed by atoms with E-state index in [1.807, 2.05) is 0 Å². The summed E-state index contributed by atoms with van der Waals surface area (Å²) in [6.07, 6.45) is 0. The van der Waals surface area contributed by atoms with Crippen LogP contribution in [0.4, 0.5) is 17.1 Å². The van der Waals surface area contributed by atoms with Crippen molar-refractivity contribution in [3.63, 3.8) is 0 Å². The topological polar surface area (TPSA) is 165 Å². The van der Waals surface area contributed by atoms with E-state index < -0.39 is 44.2 Å². The average molecular weight is 360 g/mol. The molecule has 0 fully saturated rings. The molecule has 0 spiro atoms. The van der Waals surface area contributed by atoms with Crippen LogP contribution in [0.15, 0.2) is 36.4 Å². The highest BCUT2D eigenvalue weighted by atomic mass is 16.6. The summed E-state index contributed by atoms with van der Waals surface area (Å²) in [7, 11) is 1.30. The number of nitro benzene ring substituents is 2. The van der Waals surface area contributed by atoms with Crippen molar-refractivity contribution in [3.05, 3.63) is 67.8 Å². The van der Waals surface area contributed by atoms with E-state index in [4.69, 9.17) is 4.74 Å². The second kappa shape index (κ2) is 7.25. The molecule has 0 unspecified atom stereocenters. The number of carboxylic acids is 1. The largest absolute Gasteiger partial charge is 0.545 e. The first-order valence-corrected chi connectivity index (χ1v) is 6.88. The number of nitrogens with one attached hydrogen (secondary N) is 1. The van der Waals surface area contributed by atoms with Gasteiger partial charge in [-0.05, 0) is 18.2 Å². The van der Waals surface area contributed by atoms with Gasteiger partial charge in [-0.2, -0.15) is 0 Å². The Bertz CT molecular complexity index is 925. The number of carbonyl (C=O) groups excluding carboxylic acids is 2. The minimum Gasteiger partial charge on any atom is -0.545 e. The number of anilines is 1. The number of amides is 1. The van der Waals surface area contributed by atoms with Crippen molar-refractivity contribution in [2.45, 2.75) is 0 Å². The maximum Gasteiger partial charge on any atom is 0.296 e. The van der Waals surface area contributed by atoms with Crippen molar-refractivity contribution in [1.29, 1.82) is 0 Å². The van der Waals surface area contributed by atoms with E-state index in [-0.39, 0.29) is 11.4 Å². The number of aromatic carboxylic acids is 1. The molecule has 11 nitrogen and oxygen atoms in total. The van der Waals surface area contributed by atoms with E-state index >= 15 is 0 Å². The molecule has 0 radical (unpaired) electrons. The Morgan fingerprint density at radius 3 is 2.23 bits per heavy atom. The summed E-state index contributed by atoms with van der Waals surface area (Å²) < 4.78 is 4.86. The second-order valence-corrected chi connectivity index (χ2v) is 4.84. The molecule has 2 aromatic carbocycles. The molecule has 0 aliphatic carbocycles. The first-order chi connectivity index (χ1) is 12.3. The second-order valence-electron chi connectivity index (χ2n) is 4.84. The van der Waals surface area contributed by atoms with Gasteiger partial charge >= 0.3 is 0 Å². The normalized spacial score (nSPS) is 10.0. The van der Waals surface area contributed by atoms with E-state index in [1.165, 1.54) is 19.2 Å². The highest BCUT2D eigenvalue weighted by Gasteiger charge is 2.24. The zero-order chi connectivity index (χ0) is 19.4. The van der Waals surface area contributed by atoms with E-state index in [1.54, 1.807) is 0 Å². The van der Waals surface area contributed by atoms with E-state index in [2.05, 4.69) is 5.32 Å². The number of hydrogen-bond donors (Lipinski definition) is 1. The molecular formula is C15H10N3O8-. The smallest absolute Gasteiger partial charge is 0.296 e. The number of carbonyl (C=O) groups is 2. The molecule has 0 atom stereocenters. The van der Waals surface area contributed by atoms with Crippen LogP contribution in [0.25, 0.3) is 0 Å². The van der Waals surface area contributed by atoms with Gasteiger partial charge in [-0.3, -0.25) is 25.0 Å². The predicted octanol–water partition coefficient (Wildman–Crippen LogP) is 1.13. The third-order valence-corrected chi connectivity index (χ3v) is 3.34.